The van der Waals surface area contributed by atoms with E-state index in [-0.39, 0.29) is 6.04 Å². The van der Waals surface area contributed by atoms with Crippen LogP contribution in [0, 0.1) is 0 Å². The average molecular weight is 286 g/mol. The second-order valence-corrected chi connectivity index (χ2v) is 6.50. The van der Waals surface area contributed by atoms with Gasteiger partial charge in [0.2, 0.25) is 0 Å². The molecule has 1 aliphatic heterocycles. The molecule has 100 valence electrons. The molecule has 2 rings (SSSR count). The van der Waals surface area contributed by atoms with Crippen LogP contribution in [0.5, 0.6) is 0 Å². The van der Waals surface area contributed by atoms with Crippen LogP contribution in [-0.4, -0.2) is 28.7 Å². The molecule has 1 aliphatic rings. The van der Waals surface area contributed by atoms with E-state index in [4.69, 9.17) is 11.6 Å². The Bertz CT molecular complexity index is 365. The van der Waals surface area contributed by atoms with E-state index >= 15 is 0 Å². The third kappa shape index (κ3) is 3.89. The summed E-state index contributed by atoms with van der Waals surface area (Å²) >= 11 is 7.87. The molecule has 4 heteroatoms. The summed E-state index contributed by atoms with van der Waals surface area (Å²) in [7, 11) is 0. The van der Waals surface area contributed by atoms with Gasteiger partial charge in [0.05, 0.1) is 6.10 Å². The Labute approximate surface area is 118 Å². The van der Waals surface area contributed by atoms with Crippen molar-refractivity contribution in [3.8, 4) is 0 Å². The number of thioether (sulfide) groups is 1. The van der Waals surface area contributed by atoms with Gasteiger partial charge in [-0.2, -0.15) is 11.8 Å². The minimum Gasteiger partial charge on any atom is -0.387 e. The van der Waals surface area contributed by atoms with Gasteiger partial charge in [0.15, 0.2) is 0 Å². The van der Waals surface area contributed by atoms with Crippen LogP contribution in [0.4, 0.5) is 0 Å². The largest absolute Gasteiger partial charge is 0.387 e. The maximum absolute atomic E-state index is 10.3. The Morgan fingerprint density at radius 2 is 1.89 bits per heavy atom. The number of rotatable bonds is 4. The summed E-state index contributed by atoms with van der Waals surface area (Å²) < 4.78 is 0. The Hall–Kier alpha value is -0.220. The number of hydrogen-bond donors (Lipinski definition) is 2. The number of hydrogen-bond acceptors (Lipinski definition) is 3. The number of halogens is 1. The van der Waals surface area contributed by atoms with Crippen LogP contribution in [0.3, 0.4) is 0 Å². The molecule has 1 fully saturated rings. The number of aliphatic hydroxyl groups excluding tert-OH is 1. The maximum Gasteiger partial charge on any atom is 0.0940 e. The molecule has 0 aliphatic carbocycles. The third-order valence-electron chi connectivity index (χ3n) is 3.41. The molecule has 1 aromatic rings. The fourth-order valence-corrected chi connectivity index (χ4v) is 3.51. The van der Waals surface area contributed by atoms with Crippen molar-refractivity contribution in [2.75, 3.05) is 11.5 Å². The minimum absolute atomic E-state index is 0.0688. The zero-order valence-electron chi connectivity index (χ0n) is 10.6. The molecule has 0 aromatic heterocycles. The molecule has 0 bridgehead atoms. The molecular formula is C14H20ClNOS. The van der Waals surface area contributed by atoms with Crippen LogP contribution in [-0.2, 0) is 0 Å². The van der Waals surface area contributed by atoms with Crippen molar-refractivity contribution in [3.05, 3.63) is 34.9 Å². The smallest absolute Gasteiger partial charge is 0.0940 e. The SMILES string of the molecule is CC(NC1CCSCC1)C(O)c1ccc(Cl)cc1. The zero-order valence-corrected chi connectivity index (χ0v) is 12.2. The highest BCUT2D eigenvalue weighted by Crippen LogP contribution is 2.22. The first-order chi connectivity index (χ1) is 8.66. The second kappa shape index (κ2) is 6.80. The Morgan fingerprint density at radius 3 is 2.50 bits per heavy atom. The number of nitrogens with one attached hydrogen (secondary N) is 1. The fraction of sp³-hybridized carbons (Fsp3) is 0.571. The minimum atomic E-state index is -0.475. The molecule has 0 amide bonds. The van der Waals surface area contributed by atoms with Gasteiger partial charge in [-0.3, -0.25) is 0 Å². The van der Waals surface area contributed by atoms with Crippen LogP contribution in [0.25, 0.3) is 0 Å². The normalized spacial score (nSPS) is 20.6. The summed E-state index contributed by atoms with van der Waals surface area (Å²) in [6.45, 7) is 2.04. The van der Waals surface area contributed by atoms with Crippen LogP contribution in [0.15, 0.2) is 24.3 Å². The molecule has 0 saturated carbocycles. The zero-order chi connectivity index (χ0) is 13.0. The van der Waals surface area contributed by atoms with Gasteiger partial charge in [0, 0.05) is 17.1 Å². The lowest BCUT2D eigenvalue weighted by molar-refractivity contribution is 0.128. The third-order valence-corrected chi connectivity index (χ3v) is 4.71. The molecule has 0 spiro atoms. The molecule has 1 heterocycles. The fourth-order valence-electron chi connectivity index (χ4n) is 2.28. The van der Waals surface area contributed by atoms with Gasteiger partial charge < -0.3 is 10.4 Å². The Kier molecular flexibility index (Phi) is 5.37. The van der Waals surface area contributed by atoms with Gasteiger partial charge in [-0.25, -0.2) is 0 Å². The van der Waals surface area contributed by atoms with Crippen LogP contribution in [0.1, 0.15) is 31.4 Å². The Morgan fingerprint density at radius 1 is 1.28 bits per heavy atom. The molecule has 1 aromatic carbocycles. The van der Waals surface area contributed by atoms with Crippen molar-refractivity contribution in [1.82, 2.24) is 5.32 Å². The lowest BCUT2D eigenvalue weighted by Gasteiger charge is -2.29. The molecule has 0 radical (unpaired) electrons. The van der Waals surface area contributed by atoms with Crippen molar-refractivity contribution in [1.29, 1.82) is 0 Å². The summed E-state index contributed by atoms with van der Waals surface area (Å²) in [5.41, 5.74) is 0.921. The van der Waals surface area contributed by atoms with Crippen LogP contribution in [0.2, 0.25) is 5.02 Å². The molecular weight excluding hydrogens is 266 g/mol. The second-order valence-electron chi connectivity index (χ2n) is 4.84. The van der Waals surface area contributed by atoms with Gasteiger partial charge in [-0.05, 0) is 49.0 Å². The molecule has 2 unspecified atom stereocenters. The number of benzene rings is 1. The number of aliphatic hydroxyl groups is 1. The molecule has 2 nitrogen and oxygen atoms in total. The quantitative estimate of drug-likeness (QED) is 0.891. The van der Waals surface area contributed by atoms with E-state index in [0.29, 0.717) is 11.1 Å². The van der Waals surface area contributed by atoms with Gasteiger partial charge in [0.25, 0.3) is 0 Å². The van der Waals surface area contributed by atoms with Gasteiger partial charge in [0.1, 0.15) is 0 Å². The topological polar surface area (TPSA) is 32.3 Å². The van der Waals surface area contributed by atoms with Gasteiger partial charge in [-0.1, -0.05) is 23.7 Å². The van der Waals surface area contributed by atoms with E-state index in [2.05, 4.69) is 5.32 Å². The van der Waals surface area contributed by atoms with E-state index in [1.165, 1.54) is 24.3 Å². The summed E-state index contributed by atoms with van der Waals surface area (Å²) in [4.78, 5) is 0. The van der Waals surface area contributed by atoms with E-state index in [1.807, 2.05) is 43.0 Å². The first-order valence-corrected chi connectivity index (χ1v) is 7.97. The van der Waals surface area contributed by atoms with E-state index in [1.54, 1.807) is 0 Å². The van der Waals surface area contributed by atoms with Crippen molar-refractivity contribution < 1.29 is 5.11 Å². The standard InChI is InChI=1S/C14H20ClNOS/c1-10(16-13-6-8-18-9-7-13)14(17)11-2-4-12(15)5-3-11/h2-5,10,13-14,16-17H,6-9H2,1H3. The highest BCUT2D eigenvalue weighted by molar-refractivity contribution is 7.99. The van der Waals surface area contributed by atoms with Gasteiger partial charge >= 0.3 is 0 Å². The highest BCUT2D eigenvalue weighted by atomic mass is 35.5. The van der Waals surface area contributed by atoms with Crippen molar-refractivity contribution in [2.24, 2.45) is 0 Å². The van der Waals surface area contributed by atoms with E-state index in [9.17, 15) is 5.11 Å². The van der Waals surface area contributed by atoms with Crippen LogP contribution >= 0.6 is 23.4 Å². The van der Waals surface area contributed by atoms with E-state index < -0.39 is 6.10 Å². The monoisotopic (exact) mass is 285 g/mol. The predicted molar refractivity (Wildman–Crippen MR) is 79.4 cm³/mol. The van der Waals surface area contributed by atoms with Crippen molar-refractivity contribution in [3.63, 3.8) is 0 Å². The average Bonchev–Trinajstić information content (AvgIpc) is 2.40. The predicted octanol–water partition coefficient (Wildman–Crippen LogP) is 3.25. The van der Waals surface area contributed by atoms with Crippen LogP contribution < -0.4 is 5.32 Å². The lowest BCUT2D eigenvalue weighted by Crippen LogP contribution is -2.41. The molecule has 18 heavy (non-hydrogen) atoms. The first kappa shape index (κ1) is 14.2. The van der Waals surface area contributed by atoms with E-state index in [0.717, 1.165) is 5.56 Å². The summed E-state index contributed by atoms with van der Waals surface area (Å²) in [6, 6.07) is 8.04. The summed E-state index contributed by atoms with van der Waals surface area (Å²) in [6.07, 6.45) is 1.92. The molecule has 2 N–H and O–H groups in total. The Balaban J connectivity index is 1.91. The van der Waals surface area contributed by atoms with Crippen molar-refractivity contribution in [2.45, 2.75) is 38.0 Å². The molecule has 1 saturated heterocycles. The maximum atomic E-state index is 10.3. The van der Waals surface area contributed by atoms with Gasteiger partial charge in [-0.15, -0.1) is 0 Å². The lowest BCUT2D eigenvalue weighted by atomic mass is 10.0. The summed E-state index contributed by atoms with van der Waals surface area (Å²) in [5, 5.41) is 14.5. The summed E-state index contributed by atoms with van der Waals surface area (Å²) in [5.74, 6) is 2.45. The van der Waals surface area contributed by atoms with Crippen molar-refractivity contribution >= 4 is 23.4 Å². The highest BCUT2D eigenvalue weighted by Gasteiger charge is 2.21. The first-order valence-electron chi connectivity index (χ1n) is 6.44. The molecule has 2 atom stereocenters.